The lowest BCUT2D eigenvalue weighted by atomic mass is 10.0. The van der Waals surface area contributed by atoms with Crippen molar-refractivity contribution >= 4 is 23.0 Å². The monoisotopic (exact) mass is 516 g/mol. The molecule has 0 bridgehead atoms. The van der Waals surface area contributed by atoms with Crippen molar-refractivity contribution in [2.24, 2.45) is 0 Å². The molecule has 208 valence electrons. The summed E-state index contributed by atoms with van der Waals surface area (Å²) in [6.45, 7) is 27.4. The topological polar surface area (TPSA) is 32.3 Å². The van der Waals surface area contributed by atoms with Crippen LogP contribution in [0, 0.1) is 0 Å². The van der Waals surface area contributed by atoms with E-state index in [9.17, 15) is 0 Å². The Bertz CT molecular complexity index is 1080. The summed E-state index contributed by atoms with van der Waals surface area (Å²) in [5.74, 6) is 2.60. The van der Waals surface area contributed by atoms with Crippen LogP contribution in [0.15, 0.2) is 67.8 Å². The fourth-order valence-corrected chi connectivity index (χ4v) is 4.76. The van der Waals surface area contributed by atoms with Gasteiger partial charge in [0.2, 0.25) is 0 Å². The lowest BCUT2D eigenvalue weighted by Gasteiger charge is -2.32. The molecule has 0 amide bonds. The molecule has 0 fully saturated rings. The molecule has 1 aliphatic rings. The smallest absolute Gasteiger partial charge is 0.178 e. The first-order chi connectivity index (χ1) is 18.5. The highest BCUT2D eigenvalue weighted by molar-refractivity contribution is 5.84. The number of rotatable bonds is 7. The van der Waals surface area contributed by atoms with Gasteiger partial charge < -0.3 is 9.80 Å². The number of fused-ring (bicyclic) bond motifs is 1. The van der Waals surface area contributed by atoms with Gasteiger partial charge in [-0.05, 0) is 48.4 Å². The molecule has 0 saturated heterocycles. The van der Waals surface area contributed by atoms with E-state index in [1.54, 1.807) is 0 Å². The number of aryl methyl sites for hydroxylation is 1. The Labute approximate surface area is 233 Å². The average molecular weight is 517 g/mol. The molecule has 1 aliphatic heterocycles. The molecular weight excluding hydrogens is 464 g/mol. The molecule has 2 heterocycles. The van der Waals surface area contributed by atoms with Gasteiger partial charge in [-0.1, -0.05) is 112 Å². The maximum absolute atomic E-state index is 5.33. The third-order valence-corrected chi connectivity index (χ3v) is 6.23. The zero-order valence-corrected chi connectivity index (χ0v) is 25.8. The molecule has 0 aliphatic carbocycles. The lowest BCUT2D eigenvalue weighted by molar-refractivity contribution is 0.659. The maximum Gasteiger partial charge on any atom is 0.178 e. The van der Waals surface area contributed by atoms with E-state index >= 15 is 0 Å². The van der Waals surface area contributed by atoms with E-state index < -0.39 is 0 Å². The van der Waals surface area contributed by atoms with Crippen LogP contribution in [-0.2, 0) is 6.42 Å². The average Bonchev–Trinajstić information content (AvgIpc) is 3.29. The van der Waals surface area contributed by atoms with Crippen LogP contribution in [0.1, 0.15) is 111 Å². The largest absolute Gasteiger partial charge is 0.302 e. The van der Waals surface area contributed by atoms with E-state index in [1.807, 2.05) is 27.7 Å². The Balaban J connectivity index is 0.00000112. The van der Waals surface area contributed by atoms with Gasteiger partial charge in [-0.25, -0.2) is 9.97 Å². The third-order valence-electron chi connectivity index (χ3n) is 6.23. The van der Waals surface area contributed by atoms with Crippen molar-refractivity contribution in [2.45, 2.75) is 107 Å². The molecule has 0 saturated carbocycles. The van der Waals surface area contributed by atoms with Crippen LogP contribution in [0.3, 0.4) is 0 Å². The van der Waals surface area contributed by atoms with Crippen LogP contribution >= 0.6 is 0 Å². The Morgan fingerprint density at radius 1 is 0.711 bits per heavy atom. The van der Waals surface area contributed by atoms with E-state index in [4.69, 9.17) is 9.97 Å². The SMILES string of the molecule is C=C.CC.CC.CCCc1ccccc1N1c2nc(C(C)C)c(C(C)C)nc2N(c2ccccc2)C1CC. The molecule has 4 nitrogen and oxygen atoms in total. The predicted molar refractivity (Wildman–Crippen MR) is 169 cm³/mol. The Morgan fingerprint density at radius 3 is 1.66 bits per heavy atom. The Kier molecular flexibility index (Phi) is 14.4. The number of hydrogen-bond donors (Lipinski definition) is 0. The normalized spacial score (nSPS) is 13.6. The summed E-state index contributed by atoms with van der Waals surface area (Å²) >= 11 is 0. The summed E-state index contributed by atoms with van der Waals surface area (Å²) in [4.78, 5) is 15.5. The molecule has 2 aromatic carbocycles. The van der Waals surface area contributed by atoms with E-state index in [0.717, 1.165) is 48.0 Å². The van der Waals surface area contributed by atoms with E-state index in [0.29, 0.717) is 11.8 Å². The van der Waals surface area contributed by atoms with Gasteiger partial charge in [-0.3, -0.25) is 0 Å². The second-order valence-corrected chi connectivity index (χ2v) is 9.29. The molecule has 1 unspecified atom stereocenters. The highest BCUT2D eigenvalue weighted by Gasteiger charge is 2.41. The minimum absolute atomic E-state index is 0.132. The van der Waals surface area contributed by atoms with Gasteiger partial charge in [0.1, 0.15) is 6.17 Å². The van der Waals surface area contributed by atoms with Crippen molar-refractivity contribution in [3.63, 3.8) is 0 Å². The van der Waals surface area contributed by atoms with Crippen molar-refractivity contribution < 1.29 is 0 Å². The molecule has 0 N–H and O–H groups in total. The molecule has 4 rings (SSSR count). The fourth-order valence-electron chi connectivity index (χ4n) is 4.76. The van der Waals surface area contributed by atoms with Gasteiger partial charge in [0.25, 0.3) is 0 Å². The van der Waals surface area contributed by atoms with E-state index in [1.165, 1.54) is 11.3 Å². The summed E-state index contributed by atoms with van der Waals surface area (Å²) in [5, 5.41) is 0. The number of hydrogen-bond acceptors (Lipinski definition) is 4. The fraction of sp³-hybridized carbons (Fsp3) is 0.471. The third kappa shape index (κ3) is 7.03. The highest BCUT2D eigenvalue weighted by atomic mass is 15.5. The standard InChI is InChI=1S/C28H36N4.2C2H6.C2H4/c1-7-14-21-15-12-13-18-23(21)32-24(8-2)31(22-16-10-9-11-17-22)27-28(32)30-26(20(5)6)25(29-27)19(3)4;3*1-2/h9-13,15-20,24H,7-8,14H2,1-6H3;2*1-2H3;1-2H2. The zero-order valence-electron chi connectivity index (χ0n) is 25.8. The highest BCUT2D eigenvalue weighted by Crippen LogP contribution is 2.48. The van der Waals surface area contributed by atoms with E-state index in [2.05, 4.69) is 119 Å². The first-order valence-corrected chi connectivity index (χ1v) is 14.6. The van der Waals surface area contributed by atoms with Crippen LogP contribution in [-0.4, -0.2) is 16.1 Å². The van der Waals surface area contributed by atoms with Crippen LogP contribution in [0.2, 0.25) is 0 Å². The Hall–Kier alpha value is -3.14. The van der Waals surface area contributed by atoms with Gasteiger partial charge in [0.15, 0.2) is 11.6 Å². The van der Waals surface area contributed by atoms with Gasteiger partial charge in [-0.2, -0.15) is 0 Å². The molecule has 38 heavy (non-hydrogen) atoms. The summed E-state index contributed by atoms with van der Waals surface area (Å²) in [6, 6.07) is 19.4. The first-order valence-electron chi connectivity index (χ1n) is 14.6. The van der Waals surface area contributed by atoms with Crippen molar-refractivity contribution in [2.75, 3.05) is 9.80 Å². The van der Waals surface area contributed by atoms with Crippen molar-refractivity contribution in [3.8, 4) is 0 Å². The zero-order chi connectivity index (χ0) is 28.8. The summed E-state index contributed by atoms with van der Waals surface area (Å²) in [7, 11) is 0. The molecular formula is C34H52N4. The second kappa shape index (κ2) is 16.7. The second-order valence-electron chi connectivity index (χ2n) is 9.29. The molecule has 3 aromatic rings. The van der Waals surface area contributed by atoms with Crippen LogP contribution in [0.5, 0.6) is 0 Å². The Morgan fingerprint density at radius 2 is 1.18 bits per heavy atom. The lowest BCUT2D eigenvalue weighted by Crippen LogP contribution is -2.38. The predicted octanol–water partition coefficient (Wildman–Crippen LogP) is 10.6. The summed E-state index contributed by atoms with van der Waals surface area (Å²) in [6.07, 6.45) is 3.26. The molecule has 1 atom stereocenters. The maximum atomic E-state index is 5.33. The van der Waals surface area contributed by atoms with Gasteiger partial charge in [0.05, 0.1) is 11.4 Å². The van der Waals surface area contributed by atoms with Crippen LogP contribution in [0.25, 0.3) is 0 Å². The summed E-state index contributed by atoms with van der Waals surface area (Å²) in [5.41, 5.74) is 6.01. The van der Waals surface area contributed by atoms with Crippen molar-refractivity contribution in [1.82, 2.24) is 9.97 Å². The van der Waals surface area contributed by atoms with Gasteiger partial charge in [-0.15, -0.1) is 13.2 Å². The van der Waals surface area contributed by atoms with E-state index in [-0.39, 0.29) is 6.17 Å². The molecule has 1 aromatic heterocycles. The number of aromatic nitrogens is 2. The van der Waals surface area contributed by atoms with Crippen molar-refractivity contribution in [3.05, 3.63) is 84.7 Å². The molecule has 0 spiro atoms. The molecule has 0 radical (unpaired) electrons. The number of anilines is 4. The number of para-hydroxylation sites is 2. The minimum Gasteiger partial charge on any atom is -0.302 e. The van der Waals surface area contributed by atoms with Crippen molar-refractivity contribution in [1.29, 1.82) is 0 Å². The molecule has 4 heteroatoms. The minimum atomic E-state index is 0.132. The summed E-state index contributed by atoms with van der Waals surface area (Å²) < 4.78 is 0. The van der Waals surface area contributed by atoms with Gasteiger partial charge in [0, 0.05) is 11.4 Å². The first kappa shape index (κ1) is 32.9. The van der Waals surface area contributed by atoms with Crippen LogP contribution in [0.4, 0.5) is 23.0 Å². The van der Waals surface area contributed by atoms with Crippen LogP contribution < -0.4 is 9.80 Å². The van der Waals surface area contributed by atoms with Gasteiger partial charge >= 0.3 is 0 Å². The number of benzene rings is 2. The quantitative estimate of drug-likeness (QED) is 0.292. The number of nitrogens with zero attached hydrogens (tertiary/aromatic N) is 4.